The fourth-order valence-corrected chi connectivity index (χ4v) is 6.14. The van der Waals surface area contributed by atoms with Gasteiger partial charge in [0.2, 0.25) is 0 Å². The number of carbonyl (C=O) groups excluding carboxylic acids is 2. The molecule has 0 spiro atoms. The number of amides is 2. The molecular weight excluding hydrogens is 462 g/mol. The van der Waals surface area contributed by atoms with Gasteiger partial charge in [-0.1, -0.05) is 18.2 Å². The summed E-state index contributed by atoms with van der Waals surface area (Å²) < 4.78 is 33.7. The molecule has 0 unspecified atom stereocenters. The summed E-state index contributed by atoms with van der Waals surface area (Å²) in [6.45, 7) is 1.64. The Morgan fingerprint density at radius 3 is 2.52 bits per heavy atom. The number of benzene rings is 2. The molecule has 3 aromatic rings. The van der Waals surface area contributed by atoms with Crippen LogP contribution in [-0.2, 0) is 22.9 Å². The number of aryl methyl sites for hydroxylation is 3. The first-order valence-electron chi connectivity index (χ1n) is 10.3. The molecule has 0 saturated heterocycles. The summed E-state index contributed by atoms with van der Waals surface area (Å²) in [4.78, 5) is 26.7. The zero-order valence-electron chi connectivity index (χ0n) is 18.1. The predicted molar refractivity (Wildman–Crippen MR) is 126 cm³/mol. The summed E-state index contributed by atoms with van der Waals surface area (Å²) in [7, 11) is -2.56. The van der Waals surface area contributed by atoms with Crippen LogP contribution in [-0.4, -0.2) is 27.3 Å². The molecule has 1 heterocycles. The van der Waals surface area contributed by atoms with Crippen LogP contribution in [0.4, 0.5) is 5.69 Å². The normalized spacial score (nSPS) is 12.7. The van der Waals surface area contributed by atoms with Crippen LogP contribution in [0.1, 0.15) is 42.5 Å². The molecule has 3 N–H and O–H groups in total. The molecule has 4 rings (SSSR count). The molecule has 2 amide bonds. The van der Waals surface area contributed by atoms with Gasteiger partial charge in [-0.25, -0.2) is 8.42 Å². The number of para-hydroxylation sites is 2. The topological polar surface area (TPSA) is 114 Å². The number of carbonyl (C=O) groups is 2. The fourth-order valence-electron chi connectivity index (χ4n) is 3.65. The Morgan fingerprint density at radius 1 is 1.00 bits per heavy atom. The lowest BCUT2D eigenvalue weighted by Crippen LogP contribution is -2.41. The maximum Gasteiger partial charge on any atom is 0.279 e. The first-order valence-corrected chi connectivity index (χ1v) is 12.6. The molecule has 2 aromatic carbocycles. The van der Waals surface area contributed by atoms with Crippen LogP contribution in [0, 0.1) is 6.92 Å². The number of hydrogen-bond donors (Lipinski definition) is 3. The minimum Gasteiger partial charge on any atom is -0.495 e. The van der Waals surface area contributed by atoms with Gasteiger partial charge in [-0.05, 0) is 67.6 Å². The van der Waals surface area contributed by atoms with E-state index in [1.54, 1.807) is 31.2 Å². The maximum absolute atomic E-state index is 13.0. The van der Waals surface area contributed by atoms with Gasteiger partial charge in [-0.3, -0.25) is 25.2 Å². The van der Waals surface area contributed by atoms with Crippen LogP contribution < -0.4 is 20.3 Å². The average molecular weight is 486 g/mol. The molecule has 1 aliphatic rings. The average Bonchev–Trinajstić information content (AvgIpc) is 3.40. The van der Waals surface area contributed by atoms with Crippen molar-refractivity contribution in [2.24, 2.45) is 0 Å². The minimum atomic E-state index is -4.00. The van der Waals surface area contributed by atoms with Crippen molar-refractivity contribution in [1.82, 2.24) is 10.9 Å². The molecule has 0 fully saturated rings. The molecule has 172 valence electrons. The first kappa shape index (κ1) is 22.8. The third-order valence-electron chi connectivity index (χ3n) is 5.35. The Morgan fingerprint density at radius 2 is 1.76 bits per heavy atom. The smallest absolute Gasteiger partial charge is 0.279 e. The number of rotatable bonds is 6. The molecule has 0 saturated carbocycles. The zero-order chi connectivity index (χ0) is 23.6. The van der Waals surface area contributed by atoms with Gasteiger partial charge in [-0.15, -0.1) is 11.3 Å². The summed E-state index contributed by atoms with van der Waals surface area (Å²) in [5, 5.41) is 0. The van der Waals surface area contributed by atoms with E-state index in [-0.39, 0.29) is 16.1 Å². The Hall–Kier alpha value is -3.37. The van der Waals surface area contributed by atoms with E-state index in [2.05, 4.69) is 15.6 Å². The second kappa shape index (κ2) is 9.24. The highest BCUT2D eigenvalue weighted by Gasteiger charge is 2.22. The lowest BCUT2D eigenvalue weighted by atomic mass is 10.1. The predicted octanol–water partition coefficient (Wildman–Crippen LogP) is 3.43. The van der Waals surface area contributed by atoms with Crippen molar-refractivity contribution in [1.29, 1.82) is 0 Å². The van der Waals surface area contributed by atoms with Crippen molar-refractivity contribution in [3.63, 3.8) is 0 Å². The van der Waals surface area contributed by atoms with E-state index < -0.39 is 21.8 Å². The number of methoxy groups -OCH3 is 1. The molecule has 8 nitrogen and oxygen atoms in total. The lowest BCUT2D eigenvalue weighted by molar-refractivity contribution is 0.0848. The summed E-state index contributed by atoms with van der Waals surface area (Å²) in [5.41, 5.74) is 6.79. The van der Waals surface area contributed by atoms with Gasteiger partial charge < -0.3 is 4.74 Å². The molecule has 0 radical (unpaired) electrons. The van der Waals surface area contributed by atoms with Gasteiger partial charge in [0.15, 0.2) is 0 Å². The second-order valence-electron chi connectivity index (χ2n) is 7.61. The van der Waals surface area contributed by atoms with Gasteiger partial charge in [-0.2, -0.15) is 0 Å². The highest BCUT2D eigenvalue weighted by atomic mass is 32.2. The number of fused-ring (bicyclic) bond motifs is 1. The van der Waals surface area contributed by atoms with Crippen LogP contribution in [0.3, 0.4) is 0 Å². The minimum absolute atomic E-state index is 0.0536. The second-order valence-corrected chi connectivity index (χ2v) is 10.4. The van der Waals surface area contributed by atoms with Gasteiger partial charge in [0, 0.05) is 10.4 Å². The van der Waals surface area contributed by atoms with Gasteiger partial charge in [0.25, 0.3) is 21.8 Å². The standard InChI is InChI=1S/C23H23N3O5S2/c1-14-10-11-16(13-21(14)33(29,30)26-17-7-3-4-8-18(17)31-2)22(27)24-25-23(28)20-12-15-6-5-9-19(15)32-20/h3-4,7-8,10-13,26H,5-6,9H2,1-2H3,(H,24,27)(H,25,28). The molecular formula is C23H23N3O5S2. The number of thiophene rings is 1. The van der Waals surface area contributed by atoms with E-state index in [4.69, 9.17) is 4.74 Å². The van der Waals surface area contributed by atoms with Crippen LogP contribution in [0.5, 0.6) is 5.75 Å². The monoisotopic (exact) mass is 485 g/mol. The Labute approximate surface area is 196 Å². The van der Waals surface area contributed by atoms with Crippen molar-refractivity contribution in [2.45, 2.75) is 31.1 Å². The molecule has 10 heteroatoms. The third kappa shape index (κ3) is 4.86. The fraction of sp³-hybridized carbons (Fsp3) is 0.217. The molecule has 0 aliphatic heterocycles. The number of sulfonamides is 1. The van der Waals surface area contributed by atoms with Crippen molar-refractivity contribution in [2.75, 3.05) is 11.8 Å². The van der Waals surface area contributed by atoms with E-state index in [9.17, 15) is 18.0 Å². The van der Waals surface area contributed by atoms with E-state index in [1.165, 1.54) is 47.1 Å². The van der Waals surface area contributed by atoms with Crippen molar-refractivity contribution >= 4 is 38.9 Å². The zero-order valence-corrected chi connectivity index (χ0v) is 19.7. The van der Waals surface area contributed by atoms with Crippen molar-refractivity contribution in [3.05, 3.63) is 75.0 Å². The SMILES string of the molecule is COc1ccccc1NS(=O)(=O)c1cc(C(=O)NNC(=O)c2cc3c(s2)CCC3)ccc1C. The van der Waals surface area contributed by atoms with Gasteiger partial charge >= 0.3 is 0 Å². The highest BCUT2D eigenvalue weighted by molar-refractivity contribution is 7.92. The van der Waals surface area contributed by atoms with Gasteiger partial charge in [0.1, 0.15) is 5.75 Å². The quantitative estimate of drug-likeness (QED) is 0.463. The van der Waals surface area contributed by atoms with E-state index in [1.807, 2.05) is 6.07 Å². The summed E-state index contributed by atoms with van der Waals surface area (Å²) >= 11 is 1.43. The Bertz CT molecular complexity index is 1310. The van der Waals surface area contributed by atoms with Crippen molar-refractivity contribution < 1.29 is 22.7 Å². The summed E-state index contributed by atoms with van der Waals surface area (Å²) in [6.07, 6.45) is 3.04. The van der Waals surface area contributed by atoms with Crippen LogP contribution in [0.2, 0.25) is 0 Å². The number of nitrogens with one attached hydrogen (secondary N) is 3. The number of hydrogen-bond acceptors (Lipinski definition) is 6. The molecule has 0 atom stereocenters. The van der Waals surface area contributed by atoms with E-state index in [0.29, 0.717) is 16.2 Å². The highest BCUT2D eigenvalue weighted by Crippen LogP contribution is 2.30. The summed E-state index contributed by atoms with van der Waals surface area (Å²) in [6, 6.07) is 12.8. The molecule has 1 aliphatic carbocycles. The van der Waals surface area contributed by atoms with E-state index >= 15 is 0 Å². The van der Waals surface area contributed by atoms with Crippen LogP contribution >= 0.6 is 11.3 Å². The van der Waals surface area contributed by atoms with Crippen molar-refractivity contribution in [3.8, 4) is 5.75 Å². The molecule has 0 bridgehead atoms. The van der Waals surface area contributed by atoms with Crippen LogP contribution in [0.15, 0.2) is 53.4 Å². The number of anilines is 1. The number of ether oxygens (including phenoxy) is 1. The molecule has 33 heavy (non-hydrogen) atoms. The van der Waals surface area contributed by atoms with Gasteiger partial charge in [0.05, 0.1) is 22.6 Å². The first-order chi connectivity index (χ1) is 15.8. The molecule has 1 aromatic heterocycles. The number of hydrazine groups is 1. The third-order valence-corrected chi connectivity index (χ3v) is 8.09. The Balaban J connectivity index is 1.48. The lowest BCUT2D eigenvalue weighted by Gasteiger charge is -2.14. The maximum atomic E-state index is 13.0. The van der Waals surface area contributed by atoms with E-state index in [0.717, 1.165) is 19.3 Å². The summed E-state index contributed by atoms with van der Waals surface area (Å²) in [5.74, 6) is -0.656. The largest absolute Gasteiger partial charge is 0.495 e. The Kier molecular flexibility index (Phi) is 6.39. The van der Waals surface area contributed by atoms with Crippen LogP contribution in [0.25, 0.3) is 0 Å².